The smallest absolute Gasteiger partial charge is 0.330 e. The summed E-state index contributed by atoms with van der Waals surface area (Å²) in [5.41, 5.74) is 0. The Morgan fingerprint density at radius 1 is 1.73 bits per heavy atom. The van der Waals surface area contributed by atoms with Crippen molar-refractivity contribution in [3.63, 3.8) is 0 Å². The minimum Gasteiger partial charge on any atom is -0.463 e. The summed E-state index contributed by atoms with van der Waals surface area (Å²) in [5, 5.41) is 0. The van der Waals surface area contributed by atoms with Gasteiger partial charge in [-0.2, -0.15) is 0 Å². The van der Waals surface area contributed by atoms with E-state index in [1.165, 1.54) is 6.08 Å². The van der Waals surface area contributed by atoms with Gasteiger partial charge in [0.05, 0.1) is 19.8 Å². The number of carbonyl (C=O) groups excluding carboxylic acids is 1. The van der Waals surface area contributed by atoms with Crippen molar-refractivity contribution < 1.29 is 14.3 Å². The van der Waals surface area contributed by atoms with E-state index in [1.54, 1.807) is 6.92 Å². The van der Waals surface area contributed by atoms with Crippen molar-refractivity contribution in [3.8, 4) is 0 Å². The molecule has 1 heterocycles. The van der Waals surface area contributed by atoms with Crippen LogP contribution < -0.4 is 0 Å². The minimum atomic E-state index is -0.264. The number of esters is 1. The highest BCUT2D eigenvalue weighted by molar-refractivity contribution is 5.81. The number of carbonyl (C=O) groups is 1. The first-order chi connectivity index (χ1) is 5.33. The highest BCUT2D eigenvalue weighted by Gasteiger charge is 2.14. The molecule has 0 atom stereocenters. The summed E-state index contributed by atoms with van der Waals surface area (Å²) in [6, 6.07) is 0. The van der Waals surface area contributed by atoms with Crippen molar-refractivity contribution in [3.05, 3.63) is 12.2 Å². The fourth-order valence-electron chi connectivity index (χ4n) is 0.770. The predicted octanol–water partition coefficient (Wildman–Crippen LogP) is 0.752. The van der Waals surface area contributed by atoms with Crippen LogP contribution in [0.3, 0.4) is 0 Å². The molecule has 0 radical (unpaired) electrons. The van der Waals surface area contributed by atoms with Gasteiger partial charge in [-0.3, -0.25) is 0 Å². The van der Waals surface area contributed by atoms with Crippen molar-refractivity contribution in [2.45, 2.75) is 6.92 Å². The van der Waals surface area contributed by atoms with Crippen molar-refractivity contribution in [1.82, 2.24) is 0 Å². The Kier molecular flexibility index (Phi) is 3.11. The highest BCUT2D eigenvalue weighted by atomic mass is 16.5. The van der Waals surface area contributed by atoms with Gasteiger partial charge < -0.3 is 9.47 Å². The van der Waals surface area contributed by atoms with Crippen LogP contribution in [0.15, 0.2) is 12.2 Å². The lowest BCUT2D eigenvalue weighted by atomic mass is 10.1. The molecule has 0 spiro atoms. The summed E-state index contributed by atoms with van der Waals surface area (Å²) in [4.78, 5) is 10.7. The van der Waals surface area contributed by atoms with Gasteiger partial charge in [-0.15, -0.1) is 0 Å². The second-order valence-electron chi connectivity index (χ2n) is 2.41. The Balaban J connectivity index is 2.16. The summed E-state index contributed by atoms with van der Waals surface area (Å²) >= 11 is 0. The molecule has 0 saturated carbocycles. The van der Waals surface area contributed by atoms with Crippen LogP contribution in [0.1, 0.15) is 6.92 Å². The fourth-order valence-corrected chi connectivity index (χ4v) is 0.770. The minimum absolute atomic E-state index is 0.264. The molecular formula is C8H12O3. The Hall–Kier alpha value is -0.830. The maximum absolute atomic E-state index is 10.7. The third kappa shape index (κ3) is 2.72. The zero-order chi connectivity index (χ0) is 8.10. The van der Waals surface area contributed by atoms with Crippen LogP contribution in [0.25, 0.3) is 0 Å². The molecule has 0 N–H and O–H groups in total. The molecule has 1 fully saturated rings. The zero-order valence-electron chi connectivity index (χ0n) is 6.58. The summed E-state index contributed by atoms with van der Waals surface area (Å²) in [6.07, 6.45) is 3.30. The van der Waals surface area contributed by atoms with Gasteiger partial charge in [-0.05, 0) is 6.92 Å². The topological polar surface area (TPSA) is 35.5 Å². The van der Waals surface area contributed by atoms with Crippen LogP contribution in [-0.4, -0.2) is 25.8 Å². The van der Waals surface area contributed by atoms with E-state index in [2.05, 4.69) is 0 Å². The first-order valence-corrected chi connectivity index (χ1v) is 3.75. The molecule has 1 saturated heterocycles. The molecule has 11 heavy (non-hydrogen) atoms. The third-order valence-electron chi connectivity index (χ3n) is 1.45. The van der Waals surface area contributed by atoms with E-state index in [9.17, 15) is 4.79 Å². The number of rotatable bonds is 3. The molecule has 0 amide bonds. The summed E-state index contributed by atoms with van der Waals surface area (Å²) in [7, 11) is 0. The molecule has 0 aliphatic carbocycles. The average molecular weight is 156 g/mol. The molecule has 62 valence electrons. The van der Waals surface area contributed by atoms with Crippen molar-refractivity contribution >= 4 is 5.97 Å². The summed E-state index contributed by atoms with van der Waals surface area (Å²) in [6.45, 7) is 3.69. The molecule has 0 aromatic carbocycles. The monoisotopic (exact) mass is 156 g/mol. The van der Waals surface area contributed by atoms with Crippen molar-refractivity contribution in [2.75, 3.05) is 19.8 Å². The van der Waals surface area contributed by atoms with Crippen molar-refractivity contribution in [1.29, 1.82) is 0 Å². The van der Waals surface area contributed by atoms with Gasteiger partial charge in [0.15, 0.2) is 0 Å². The van der Waals surface area contributed by atoms with Gasteiger partial charge in [0.1, 0.15) is 0 Å². The molecule has 1 rings (SSSR count). The van der Waals surface area contributed by atoms with E-state index in [1.807, 2.05) is 6.08 Å². The molecule has 1 aliphatic heterocycles. The summed E-state index contributed by atoms with van der Waals surface area (Å²) in [5.74, 6) is 0.152. The Morgan fingerprint density at radius 2 is 2.45 bits per heavy atom. The Morgan fingerprint density at radius 3 is 2.91 bits per heavy atom. The number of ether oxygens (including phenoxy) is 2. The quantitative estimate of drug-likeness (QED) is 0.447. The maximum atomic E-state index is 10.7. The first kappa shape index (κ1) is 8.27. The normalized spacial score (nSPS) is 18.3. The lowest BCUT2D eigenvalue weighted by Gasteiger charge is -2.21. The van der Waals surface area contributed by atoms with E-state index < -0.39 is 0 Å². The number of hydrogen-bond acceptors (Lipinski definition) is 3. The maximum Gasteiger partial charge on any atom is 0.330 e. The zero-order valence-corrected chi connectivity index (χ0v) is 6.58. The van der Waals surface area contributed by atoms with E-state index in [0.717, 1.165) is 13.2 Å². The van der Waals surface area contributed by atoms with E-state index in [4.69, 9.17) is 9.47 Å². The van der Waals surface area contributed by atoms with Gasteiger partial charge in [-0.1, -0.05) is 6.08 Å². The van der Waals surface area contributed by atoms with Crippen LogP contribution in [-0.2, 0) is 14.3 Å². The second-order valence-corrected chi connectivity index (χ2v) is 2.41. The van der Waals surface area contributed by atoms with E-state index in [0.29, 0.717) is 12.5 Å². The molecule has 3 nitrogen and oxygen atoms in total. The molecule has 0 aromatic heterocycles. The molecule has 3 heteroatoms. The van der Waals surface area contributed by atoms with Crippen LogP contribution in [0.4, 0.5) is 0 Å². The van der Waals surface area contributed by atoms with Crippen LogP contribution in [0.5, 0.6) is 0 Å². The van der Waals surface area contributed by atoms with Gasteiger partial charge in [0, 0.05) is 12.0 Å². The summed E-state index contributed by atoms with van der Waals surface area (Å²) < 4.78 is 9.62. The van der Waals surface area contributed by atoms with Crippen LogP contribution >= 0.6 is 0 Å². The lowest BCUT2D eigenvalue weighted by molar-refractivity contribution is -0.137. The predicted molar refractivity (Wildman–Crippen MR) is 40.1 cm³/mol. The van der Waals surface area contributed by atoms with E-state index in [-0.39, 0.29) is 5.97 Å². The highest BCUT2D eigenvalue weighted by Crippen LogP contribution is 2.10. The largest absolute Gasteiger partial charge is 0.463 e. The lowest BCUT2D eigenvalue weighted by Crippen LogP contribution is -2.25. The first-order valence-electron chi connectivity index (χ1n) is 3.75. The van der Waals surface area contributed by atoms with Gasteiger partial charge in [-0.25, -0.2) is 4.79 Å². The third-order valence-corrected chi connectivity index (χ3v) is 1.45. The number of hydrogen-bond donors (Lipinski definition) is 0. The van der Waals surface area contributed by atoms with Crippen LogP contribution in [0, 0.1) is 5.92 Å². The average Bonchev–Trinajstić information content (AvgIpc) is 1.85. The molecule has 0 aromatic rings. The SMILES string of the molecule is CCOC(=O)C=CC1COC1. The molecular weight excluding hydrogens is 144 g/mol. The molecule has 0 unspecified atom stereocenters. The Bertz CT molecular complexity index is 159. The fraction of sp³-hybridized carbons (Fsp3) is 0.625. The van der Waals surface area contributed by atoms with E-state index >= 15 is 0 Å². The van der Waals surface area contributed by atoms with Gasteiger partial charge in [0.25, 0.3) is 0 Å². The molecule has 0 bridgehead atoms. The van der Waals surface area contributed by atoms with Gasteiger partial charge in [0.2, 0.25) is 0 Å². The second kappa shape index (κ2) is 4.13. The molecule has 1 aliphatic rings. The standard InChI is InChI=1S/C8H12O3/c1-2-11-8(9)4-3-7-5-10-6-7/h3-4,7H,2,5-6H2,1H3. The van der Waals surface area contributed by atoms with Gasteiger partial charge >= 0.3 is 5.97 Å². The Labute approximate surface area is 66.0 Å². The van der Waals surface area contributed by atoms with Crippen LogP contribution in [0.2, 0.25) is 0 Å². The van der Waals surface area contributed by atoms with Crippen molar-refractivity contribution in [2.24, 2.45) is 5.92 Å².